The monoisotopic (exact) mass is 730 g/mol. The van der Waals surface area contributed by atoms with E-state index < -0.39 is 0 Å². The smallest absolute Gasteiger partial charge is 0.160 e. The maximum absolute atomic E-state index is 5.49. The molecule has 0 unspecified atom stereocenters. The van der Waals surface area contributed by atoms with Gasteiger partial charge in [0.25, 0.3) is 0 Å². The Bertz CT molecular complexity index is 2890. The Morgan fingerprint density at radius 3 is 1.67 bits per heavy atom. The lowest BCUT2D eigenvalue weighted by molar-refractivity contribution is 0.738. The summed E-state index contributed by atoms with van der Waals surface area (Å²) < 4.78 is 0. The van der Waals surface area contributed by atoms with E-state index in [1.807, 2.05) is 0 Å². The lowest BCUT2D eigenvalue weighted by Gasteiger charge is -2.21. The third-order valence-corrected chi connectivity index (χ3v) is 11.7. The van der Waals surface area contributed by atoms with Crippen LogP contribution in [0, 0.1) is 6.92 Å². The van der Waals surface area contributed by atoms with E-state index in [1.54, 1.807) is 0 Å². The van der Waals surface area contributed by atoms with Gasteiger partial charge >= 0.3 is 0 Å². The van der Waals surface area contributed by atoms with Crippen molar-refractivity contribution in [3.05, 3.63) is 205 Å². The molecule has 1 aliphatic carbocycles. The van der Waals surface area contributed by atoms with Crippen LogP contribution in [-0.2, 0) is 12.8 Å². The predicted molar refractivity (Wildman–Crippen MR) is 239 cm³/mol. The highest BCUT2D eigenvalue weighted by molar-refractivity contribution is 6.01. The van der Waals surface area contributed by atoms with E-state index in [0.29, 0.717) is 0 Å². The number of rotatable bonds is 5. The first-order valence-corrected chi connectivity index (χ1v) is 20.1. The quantitative estimate of drug-likeness (QED) is 0.176. The summed E-state index contributed by atoms with van der Waals surface area (Å²) >= 11 is 0. The molecule has 8 aromatic carbocycles. The molecular formula is C55H42N2. The van der Waals surface area contributed by atoms with Crippen molar-refractivity contribution in [3.8, 4) is 78.4 Å². The van der Waals surface area contributed by atoms with E-state index in [2.05, 4.69) is 195 Å². The minimum atomic E-state index is 0.755. The molecule has 0 N–H and O–H groups in total. The van der Waals surface area contributed by atoms with Gasteiger partial charge in [0.2, 0.25) is 0 Å². The molecule has 57 heavy (non-hydrogen) atoms. The minimum absolute atomic E-state index is 0.755. The molecule has 0 saturated heterocycles. The molecule has 0 radical (unpaired) electrons. The first-order valence-electron chi connectivity index (χ1n) is 20.1. The Morgan fingerprint density at radius 1 is 0.368 bits per heavy atom. The first-order chi connectivity index (χ1) is 28.2. The number of hydrogen-bond donors (Lipinski definition) is 0. The molecule has 1 aliphatic rings. The fraction of sp³-hybridized carbons (Fsp3) is 0.0909. The molecule has 0 atom stereocenters. The van der Waals surface area contributed by atoms with Gasteiger partial charge in [-0.3, -0.25) is 0 Å². The van der Waals surface area contributed by atoms with Crippen LogP contribution in [0.25, 0.3) is 89.2 Å². The number of nitrogens with zero attached hydrogens (tertiary/aromatic N) is 2. The van der Waals surface area contributed by atoms with E-state index >= 15 is 0 Å². The van der Waals surface area contributed by atoms with Crippen LogP contribution in [0.5, 0.6) is 0 Å². The zero-order chi connectivity index (χ0) is 38.1. The maximum Gasteiger partial charge on any atom is 0.160 e. The van der Waals surface area contributed by atoms with Crippen molar-refractivity contribution in [3.63, 3.8) is 0 Å². The molecule has 272 valence electrons. The van der Waals surface area contributed by atoms with Crippen LogP contribution in [0.2, 0.25) is 0 Å². The average molecular weight is 731 g/mol. The molecule has 0 fully saturated rings. The van der Waals surface area contributed by atoms with Gasteiger partial charge in [0, 0.05) is 16.7 Å². The second-order valence-electron chi connectivity index (χ2n) is 15.2. The van der Waals surface area contributed by atoms with Crippen LogP contribution >= 0.6 is 0 Å². The largest absolute Gasteiger partial charge is 0.228 e. The van der Waals surface area contributed by atoms with Gasteiger partial charge in [0.05, 0.1) is 11.4 Å². The van der Waals surface area contributed by atoms with Crippen molar-refractivity contribution in [1.82, 2.24) is 9.97 Å². The summed E-state index contributed by atoms with van der Waals surface area (Å²) in [5, 5.41) is 2.70. The Hall–Kier alpha value is -6.90. The van der Waals surface area contributed by atoms with Gasteiger partial charge in [-0.15, -0.1) is 0 Å². The summed E-state index contributed by atoms with van der Waals surface area (Å²) in [4.78, 5) is 10.9. The van der Waals surface area contributed by atoms with E-state index in [9.17, 15) is 0 Å². The topological polar surface area (TPSA) is 25.8 Å². The average Bonchev–Trinajstić information content (AvgIpc) is 3.28. The highest BCUT2D eigenvalue weighted by Gasteiger charge is 2.21. The maximum atomic E-state index is 5.49. The van der Waals surface area contributed by atoms with Gasteiger partial charge in [-0.25, -0.2) is 9.97 Å². The van der Waals surface area contributed by atoms with Crippen molar-refractivity contribution in [2.75, 3.05) is 0 Å². The molecular weight excluding hydrogens is 689 g/mol. The highest BCUT2D eigenvalue weighted by Crippen LogP contribution is 2.42. The standard InChI is InChI=1S/C55H42N2/c1-37-44-27-14-28-45(37)50-30-13-23-43-22-12-21-42(54(43)50)20-8-9-25-48-47(44)29-15-31-51(48)55-56-52(41-34-32-39(33-35-41)38-16-4-2-5-17-38)36-53(57-55)49-26-11-10-24-46(49)40-18-6-3-7-19-40/h2-7,10-19,21-24,26-36H,8-9,20,25H2,1H3. The second kappa shape index (κ2) is 15.0. The summed E-state index contributed by atoms with van der Waals surface area (Å²) in [6.07, 6.45) is 4.13. The van der Waals surface area contributed by atoms with Crippen molar-refractivity contribution in [2.45, 2.75) is 32.6 Å². The summed E-state index contributed by atoms with van der Waals surface area (Å²) in [5.41, 5.74) is 18.9. The molecule has 0 aliphatic heterocycles. The van der Waals surface area contributed by atoms with E-state index in [4.69, 9.17) is 9.97 Å². The molecule has 2 bridgehead atoms. The van der Waals surface area contributed by atoms with Crippen LogP contribution in [-0.4, -0.2) is 9.97 Å². The molecule has 0 saturated carbocycles. The molecule has 0 spiro atoms. The Morgan fingerprint density at radius 2 is 0.895 bits per heavy atom. The summed E-state index contributed by atoms with van der Waals surface area (Å²) in [6.45, 7) is 2.29. The normalized spacial score (nSPS) is 12.4. The van der Waals surface area contributed by atoms with Crippen LogP contribution in [0.15, 0.2) is 188 Å². The lowest BCUT2D eigenvalue weighted by atomic mass is 9.84. The Labute approximate surface area is 335 Å². The molecule has 9 aromatic rings. The highest BCUT2D eigenvalue weighted by atomic mass is 14.9. The minimum Gasteiger partial charge on any atom is -0.228 e. The van der Waals surface area contributed by atoms with Crippen molar-refractivity contribution >= 4 is 10.8 Å². The number of hydrogen-bond acceptors (Lipinski definition) is 2. The van der Waals surface area contributed by atoms with Crippen LogP contribution in [0.4, 0.5) is 0 Å². The van der Waals surface area contributed by atoms with Gasteiger partial charge in [0.15, 0.2) is 5.82 Å². The molecule has 1 aromatic heterocycles. The fourth-order valence-corrected chi connectivity index (χ4v) is 8.90. The van der Waals surface area contributed by atoms with E-state index in [-0.39, 0.29) is 0 Å². The van der Waals surface area contributed by atoms with Gasteiger partial charge in [0.1, 0.15) is 0 Å². The Balaban J connectivity index is 1.17. The van der Waals surface area contributed by atoms with Gasteiger partial charge in [-0.2, -0.15) is 0 Å². The summed E-state index contributed by atoms with van der Waals surface area (Å²) in [5.74, 6) is 0.755. The zero-order valence-corrected chi connectivity index (χ0v) is 32.1. The fourth-order valence-electron chi connectivity index (χ4n) is 8.90. The van der Waals surface area contributed by atoms with Crippen LogP contribution in [0.3, 0.4) is 0 Å². The van der Waals surface area contributed by atoms with E-state index in [1.165, 1.54) is 66.4 Å². The summed E-state index contributed by atoms with van der Waals surface area (Å²) in [7, 11) is 0. The first kappa shape index (κ1) is 34.6. The van der Waals surface area contributed by atoms with Crippen LogP contribution in [0.1, 0.15) is 29.5 Å². The number of aromatic nitrogens is 2. The van der Waals surface area contributed by atoms with Crippen molar-refractivity contribution in [1.29, 1.82) is 0 Å². The SMILES string of the molecule is Cc1c2cccc1-c1cccc3cccc(c13)CCCCc1c(-c3nc(-c4ccc(-c5ccccc5)cc4)cc(-c4ccccc4-c4ccccc4)n3)cccc1-2. The molecule has 2 nitrogen and oxygen atoms in total. The summed E-state index contributed by atoms with van der Waals surface area (Å²) in [6, 6.07) is 67.9. The van der Waals surface area contributed by atoms with Crippen molar-refractivity contribution < 1.29 is 0 Å². The molecule has 10 rings (SSSR count). The molecule has 2 heteroatoms. The van der Waals surface area contributed by atoms with Gasteiger partial charge in [-0.1, -0.05) is 182 Å². The Kier molecular flexibility index (Phi) is 9.08. The molecule has 0 amide bonds. The lowest BCUT2D eigenvalue weighted by Crippen LogP contribution is -2.03. The number of fused-ring (bicyclic) bond motifs is 5. The number of aryl methyl sites for hydroxylation is 1. The predicted octanol–water partition coefficient (Wildman–Crippen LogP) is 14.5. The van der Waals surface area contributed by atoms with Gasteiger partial charge < -0.3 is 0 Å². The second-order valence-corrected chi connectivity index (χ2v) is 15.2. The van der Waals surface area contributed by atoms with E-state index in [0.717, 1.165) is 65.1 Å². The molecule has 1 heterocycles. The zero-order valence-electron chi connectivity index (χ0n) is 32.1. The third-order valence-electron chi connectivity index (χ3n) is 11.7. The van der Waals surface area contributed by atoms with Gasteiger partial charge in [-0.05, 0) is 111 Å². The van der Waals surface area contributed by atoms with Crippen LogP contribution < -0.4 is 0 Å². The van der Waals surface area contributed by atoms with Crippen molar-refractivity contribution in [2.24, 2.45) is 0 Å². The third kappa shape index (κ3) is 6.54. The number of benzene rings is 8.